The van der Waals surface area contributed by atoms with Crippen LogP contribution in [0.1, 0.15) is 10.5 Å². The fraction of sp³-hybridized carbons (Fsp3) is 0.333. The Morgan fingerprint density at radius 1 is 1.19 bits per heavy atom. The third kappa shape index (κ3) is 5.48. The van der Waals surface area contributed by atoms with Crippen molar-refractivity contribution in [1.29, 1.82) is 0 Å². The van der Waals surface area contributed by atoms with E-state index in [2.05, 4.69) is 26.0 Å². The summed E-state index contributed by atoms with van der Waals surface area (Å²) < 4.78 is 6.99. The van der Waals surface area contributed by atoms with E-state index in [9.17, 15) is 9.59 Å². The zero-order valence-corrected chi connectivity index (χ0v) is 18.1. The number of carbonyl (C=O) groups excluding carboxylic acids is 2. The first kappa shape index (κ1) is 22.0. The second kappa shape index (κ2) is 9.90. The number of likely N-dealkylation sites (N-methyl/N-ethyl adjacent to an activating group) is 1. The van der Waals surface area contributed by atoms with Crippen molar-refractivity contribution in [2.75, 3.05) is 51.6 Å². The van der Waals surface area contributed by atoms with E-state index in [4.69, 9.17) is 4.74 Å². The van der Waals surface area contributed by atoms with Crippen LogP contribution in [0.5, 0.6) is 5.75 Å². The average molecular weight is 425 g/mol. The van der Waals surface area contributed by atoms with Gasteiger partial charge in [0.05, 0.1) is 18.3 Å². The summed E-state index contributed by atoms with van der Waals surface area (Å²) >= 11 is 0. The molecule has 2 heterocycles. The average Bonchev–Trinajstić information content (AvgIpc) is 3.14. The topological polar surface area (TPSA) is 113 Å². The van der Waals surface area contributed by atoms with Gasteiger partial charge in [-0.2, -0.15) is 5.10 Å². The smallest absolute Gasteiger partial charge is 0.274 e. The SMILES string of the molecule is CNCCNC(=O)Cn1cc2cc(NC(=O)c3cccc(N(C)C)n3)c(OC)cc2n1. The number of methoxy groups -OCH3 is 1. The number of nitrogens with zero attached hydrogens (tertiary/aromatic N) is 4. The van der Waals surface area contributed by atoms with Crippen LogP contribution in [0.15, 0.2) is 36.5 Å². The van der Waals surface area contributed by atoms with Crippen molar-refractivity contribution in [2.24, 2.45) is 0 Å². The summed E-state index contributed by atoms with van der Waals surface area (Å²) in [6.45, 7) is 1.34. The lowest BCUT2D eigenvalue weighted by Crippen LogP contribution is -2.33. The molecule has 2 aromatic heterocycles. The highest BCUT2D eigenvalue weighted by Gasteiger charge is 2.15. The molecule has 0 atom stereocenters. The van der Waals surface area contributed by atoms with Crippen LogP contribution < -0.4 is 25.6 Å². The minimum Gasteiger partial charge on any atom is -0.494 e. The summed E-state index contributed by atoms with van der Waals surface area (Å²) in [4.78, 5) is 31.0. The van der Waals surface area contributed by atoms with Gasteiger partial charge in [0.25, 0.3) is 5.91 Å². The number of hydrogen-bond donors (Lipinski definition) is 3. The van der Waals surface area contributed by atoms with Gasteiger partial charge in [0.2, 0.25) is 5.91 Å². The van der Waals surface area contributed by atoms with Crippen molar-refractivity contribution in [2.45, 2.75) is 6.54 Å². The molecule has 0 saturated carbocycles. The highest BCUT2D eigenvalue weighted by atomic mass is 16.5. The Morgan fingerprint density at radius 2 is 2.00 bits per heavy atom. The fourth-order valence-electron chi connectivity index (χ4n) is 2.97. The van der Waals surface area contributed by atoms with Crippen LogP contribution in [0.3, 0.4) is 0 Å². The van der Waals surface area contributed by atoms with Gasteiger partial charge in [-0.25, -0.2) is 4.98 Å². The monoisotopic (exact) mass is 425 g/mol. The minimum atomic E-state index is -0.349. The summed E-state index contributed by atoms with van der Waals surface area (Å²) in [7, 11) is 7.07. The number of pyridine rings is 1. The molecule has 3 N–H and O–H groups in total. The molecule has 0 fully saturated rings. The maximum absolute atomic E-state index is 12.7. The van der Waals surface area contributed by atoms with E-state index >= 15 is 0 Å². The lowest BCUT2D eigenvalue weighted by Gasteiger charge is -2.13. The van der Waals surface area contributed by atoms with Crippen LogP contribution in [0, 0.1) is 0 Å². The van der Waals surface area contributed by atoms with Gasteiger partial charge in [-0.15, -0.1) is 0 Å². The number of nitrogens with one attached hydrogen (secondary N) is 3. The van der Waals surface area contributed by atoms with E-state index in [-0.39, 0.29) is 18.4 Å². The number of benzene rings is 1. The summed E-state index contributed by atoms with van der Waals surface area (Å²) in [5.41, 5.74) is 1.45. The number of amides is 2. The number of anilines is 2. The fourth-order valence-corrected chi connectivity index (χ4v) is 2.97. The molecule has 10 nitrogen and oxygen atoms in total. The van der Waals surface area contributed by atoms with E-state index < -0.39 is 0 Å². The van der Waals surface area contributed by atoms with Crippen molar-refractivity contribution in [1.82, 2.24) is 25.4 Å². The Labute approximate surface area is 180 Å². The van der Waals surface area contributed by atoms with Crippen molar-refractivity contribution < 1.29 is 14.3 Å². The normalized spacial score (nSPS) is 10.7. The Morgan fingerprint density at radius 3 is 2.71 bits per heavy atom. The Hall–Kier alpha value is -3.66. The lowest BCUT2D eigenvalue weighted by atomic mass is 10.2. The van der Waals surface area contributed by atoms with E-state index in [0.717, 1.165) is 5.39 Å². The van der Waals surface area contributed by atoms with Gasteiger partial charge < -0.3 is 25.6 Å². The van der Waals surface area contributed by atoms with Crippen LogP contribution in [0.4, 0.5) is 11.5 Å². The molecule has 0 saturated heterocycles. The van der Waals surface area contributed by atoms with Gasteiger partial charge in [0.15, 0.2) is 0 Å². The van der Waals surface area contributed by atoms with Gasteiger partial charge in [-0.05, 0) is 25.2 Å². The molecular formula is C21H27N7O3. The van der Waals surface area contributed by atoms with Crippen molar-refractivity contribution in [3.8, 4) is 5.75 Å². The molecule has 0 unspecified atom stereocenters. The number of rotatable bonds is 9. The van der Waals surface area contributed by atoms with Crippen LogP contribution in [0.2, 0.25) is 0 Å². The molecular weight excluding hydrogens is 398 g/mol. The predicted molar refractivity (Wildman–Crippen MR) is 120 cm³/mol. The first-order valence-corrected chi connectivity index (χ1v) is 9.83. The molecule has 164 valence electrons. The molecule has 3 aromatic rings. The maximum Gasteiger partial charge on any atom is 0.274 e. The highest BCUT2D eigenvalue weighted by molar-refractivity contribution is 6.05. The third-order valence-corrected chi connectivity index (χ3v) is 4.55. The number of hydrogen-bond acceptors (Lipinski definition) is 7. The molecule has 2 amide bonds. The first-order valence-electron chi connectivity index (χ1n) is 9.83. The quantitative estimate of drug-likeness (QED) is 0.440. The van der Waals surface area contributed by atoms with Gasteiger partial charge in [0.1, 0.15) is 23.8 Å². The maximum atomic E-state index is 12.7. The predicted octanol–water partition coefficient (Wildman–Crippen LogP) is 1.09. The number of carbonyl (C=O) groups is 2. The zero-order valence-electron chi connectivity index (χ0n) is 18.1. The molecule has 3 rings (SSSR count). The zero-order chi connectivity index (χ0) is 22.4. The Kier molecular flexibility index (Phi) is 7.03. The van der Waals surface area contributed by atoms with Crippen molar-refractivity contribution in [3.63, 3.8) is 0 Å². The highest BCUT2D eigenvalue weighted by Crippen LogP contribution is 2.30. The molecule has 0 radical (unpaired) electrons. The summed E-state index contributed by atoms with van der Waals surface area (Å²) in [5, 5.41) is 13.8. The van der Waals surface area contributed by atoms with E-state index in [1.54, 1.807) is 35.1 Å². The van der Waals surface area contributed by atoms with Crippen LogP contribution >= 0.6 is 0 Å². The molecule has 0 bridgehead atoms. The molecule has 10 heteroatoms. The van der Waals surface area contributed by atoms with Gasteiger partial charge in [-0.1, -0.05) is 6.07 Å². The molecule has 0 aliphatic heterocycles. The van der Waals surface area contributed by atoms with Gasteiger partial charge in [0, 0.05) is 44.8 Å². The molecule has 0 aliphatic carbocycles. The summed E-state index contributed by atoms with van der Waals surface area (Å²) in [6.07, 6.45) is 1.76. The van der Waals surface area contributed by atoms with Crippen molar-refractivity contribution >= 4 is 34.2 Å². The van der Waals surface area contributed by atoms with Gasteiger partial charge in [-0.3, -0.25) is 14.3 Å². The second-order valence-electron chi connectivity index (χ2n) is 7.12. The Balaban J connectivity index is 1.79. The molecule has 1 aromatic carbocycles. The van der Waals surface area contributed by atoms with E-state index in [0.29, 0.717) is 41.6 Å². The van der Waals surface area contributed by atoms with E-state index in [1.807, 2.05) is 32.1 Å². The summed E-state index contributed by atoms with van der Waals surface area (Å²) in [6, 6.07) is 8.75. The number of fused-ring (bicyclic) bond motifs is 1. The first-order chi connectivity index (χ1) is 14.9. The van der Waals surface area contributed by atoms with Crippen molar-refractivity contribution in [3.05, 3.63) is 42.2 Å². The molecule has 31 heavy (non-hydrogen) atoms. The largest absolute Gasteiger partial charge is 0.494 e. The third-order valence-electron chi connectivity index (χ3n) is 4.55. The number of aromatic nitrogens is 3. The van der Waals surface area contributed by atoms with Crippen LogP contribution in [-0.2, 0) is 11.3 Å². The minimum absolute atomic E-state index is 0.101. The molecule has 0 spiro atoms. The molecule has 0 aliphatic rings. The Bertz CT molecular complexity index is 1080. The van der Waals surface area contributed by atoms with Gasteiger partial charge >= 0.3 is 0 Å². The van der Waals surface area contributed by atoms with E-state index in [1.165, 1.54) is 7.11 Å². The standard InChI is InChI=1S/C21H27N7O3/c1-22-8-9-23-20(29)13-28-12-14-10-17(18(31-4)11-16(14)26-28)25-21(30)15-6-5-7-19(24-15)27(2)3/h5-7,10-12,22H,8-9,13H2,1-4H3,(H,23,29)(H,25,30). The lowest BCUT2D eigenvalue weighted by molar-refractivity contribution is -0.121. The summed E-state index contributed by atoms with van der Waals surface area (Å²) in [5.74, 6) is 0.672. The van der Waals surface area contributed by atoms with Crippen LogP contribution in [-0.4, -0.2) is 67.9 Å². The van der Waals surface area contributed by atoms with Crippen LogP contribution in [0.25, 0.3) is 10.9 Å². The second-order valence-corrected chi connectivity index (χ2v) is 7.12. The number of ether oxygens (including phenoxy) is 1.